The van der Waals surface area contributed by atoms with E-state index >= 15 is 0 Å². The van der Waals surface area contributed by atoms with E-state index in [1.165, 1.54) is 19.2 Å². The number of carbonyl (C=O) groups excluding carboxylic acids is 1. The van der Waals surface area contributed by atoms with Gasteiger partial charge in [-0.3, -0.25) is 4.79 Å². The quantitative estimate of drug-likeness (QED) is 0.818. The van der Waals surface area contributed by atoms with Crippen molar-refractivity contribution in [2.75, 3.05) is 13.7 Å². The fraction of sp³-hybridized carbons (Fsp3) is 0.417. The molecule has 0 aromatic heterocycles. The van der Waals surface area contributed by atoms with Gasteiger partial charge in [0.2, 0.25) is 0 Å². The molecule has 0 fully saturated rings. The molecular weight excluding hydrogens is 206 g/mol. The lowest BCUT2D eigenvalue weighted by Crippen LogP contribution is -2.27. The van der Waals surface area contributed by atoms with E-state index in [9.17, 15) is 9.90 Å². The van der Waals surface area contributed by atoms with Gasteiger partial charge in [-0.1, -0.05) is 13.8 Å². The summed E-state index contributed by atoms with van der Waals surface area (Å²) < 4.78 is 4.93. The van der Waals surface area contributed by atoms with Gasteiger partial charge >= 0.3 is 0 Å². The number of methoxy groups -OCH3 is 1. The zero-order valence-electron chi connectivity index (χ0n) is 9.78. The summed E-state index contributed by atoms with van der Waals surface area (Å²) in [6.07, 6.45) is 0. The Hall–Kier alpha value is -1.71. The van der Waals surface area contributed by atoms with Crippen molar-refractivity contribution in [1.29, 1.82) is 0 Å². The SMILES string of the molecule is COc1cc(C(=O)NCC(C)C)ccc1O. The standard InChI is InChI=1S/C12H17NO3/c1-8(2)7-13-12(15)9-4-5-10(14)11(6-9)16-3/h4-6,8,14H,7H2,1-3H3,(H,13,15). The molecule has 4 heteroatoms. The highest BCUT2D eigenvalue weighted by molar-refractivity contribution is 5.94. The largest absolute Gasteiger partial charge is 0.504 e. The number of benzene rings is 1. The molecule has 0 radical (unpaired) electrons. The molecule has 0 unspecified atom stereocenters. The van der Waals surface area contributed by atoms with Crippen molar-refractivity contribution in [1.82, 2.24) is 5.32 Å². The van der Waals surface area contributed by atoms with Crippen LogP contribution in [0.15, 0.2) is 18.2 Å². The summed E-state index contributed by atoms with van der Waals surface area (Å²) in [7, 11) is 1.45. The van der Waals surface area contributed by atoms with Gasteiger partial charge in [-0.05, 0) is 24.1 Å². The topological polar surface area (TPSA) is 58.6 Å². The van der Waals surface area contributed by atoms with Crippen molar-refractivity contribution in [3.8, 4) is 11.5 Å². The minimum Gasteiger partial charge on any atom is -0.504 e. The van der Waals surface area contributed by atoms with Crippen molar-refractivity contribution in [2.24, 2.45) is 5.92 Å². The first-order valence-corrected chi connectivity index (χ1v) is 5.19. The summed E-state index contributed by atoms with van der Waals surface area (Å²) in [5.41, 5.74) is 0.482. The molecule has 88 valence electrons. The minimum atomic E-state index is -0.160. The first-order valence-electron chi connectivity index (χ1n) is 5.19. The first-order chi connectivity index (χ1) is 7.54. The number of nitrogens with one attached hydrogen (secondary N) is 1. The first kappa shape index (κ1) is 12.4. The van der Waals surface area contributed by atoms with Gasteiger partial charge < -0.3 is 15.2 Å². The molecule has 0 heterocycles. The van der Waals surface area contributed by atoms with Crippen molar-refractivity contribution in [3.63, 3.8) is 0 Å². The number of phenolic OH excluding ortho intramolecular Hbond substituents is 1. The average molecular weight is 223 g/mol. The second-order valence-electron chi connectivity index (χ2n) is 3.99. The van der Waals surface area contributed by atoms with Crippen molar-refractivity contribution >= 4 is 5.91 Å². The third kappa shape index (κ3) is 3.15. The zero-order valence-corrected chi connectivity index (χ0v) is 9.78. The smallest absolute Gasteiger partial charge is 0.251 e. The summed E-state index contributed by atoms with van der Waals surface area (Å²) in [6.45, 7) is 4.68. The number of aromatic hydroxyl groups is 1. The molecule has 0 saturated carbocycles. The van der Waals surface area contributed by atoms with Gasteiger partial charge in [-0.25, -0.2) is 0 Å². The number of phenols is 1. The Morgan fingerprint density at radius 2 is 2.19 bits per heavy atom. The number of carbonyl (C=O) groups is 1. The van der Waals surface area contributed by atoms with E-state index in [0.29, 0.717) is 23.8 Å². The Morgan fingerprint density at radius 1 is 1.50 bits per heavy atom. The molecule has 0 saturated heterocycles. The summed E-state index contributed by atoms with van der Waals surface area (Å²) >= 11 is 0. The van der Waals surface area contributed by atoms with E-state index in [4.69, 9.17) is 4.74 Å². The molecule has 4 nitrogen and oxygen atoms in total. The molecule has 2 N–H and O–H groups in total. The highest BCUT2D eigenvalue weighted by Gasteiger charge is 2.09. The van der Waals surface area contributed by atoms with Crippen LogP contribution in [0.2, 0.25) is 0 Å². The van der Waals surface area contributed by atoms with Crippen LogP contribution in [0.3, 0.4) is 0 Å². The second-order valence-corrected chi connectivity index (χ2v) is 3.99. The number of rotatable bonds is 4. The molecule has 16 heavy (non-hydrogen) atoms. The molecule has 0 aliphatic carbocycles. The fourth-order valence-corrected chi connectivity index (χ4v) is 1.22. The fourth-order valence-electron chi connectivity index (χ4n) is 1.22. The van der Waals surface area contributed by atoms with Crippen LogP contribution in [0.25, 0.3) is 0 Å². The van der Waals surface area contributed by atoms with E-state index in [2.05, 4.69) is 5.32 Å². The normalized spacial score (nSPS) is 10.2. The van der Waals surface area contributed by atoms with E-state index in [1.807, 2.05) is 13.8 Å². The average Bonchev–Trinajstić information content (AvgIpc) is 2.26. The van der Waals surface area contributed by atoms with Crippen LogP contribution >= 0.6 is 0 Å². The highest BCUT2D eigenvalue weighted by Crippen LogP contribution is 2.26. The minimum absolute atomic E-state index is 0.0305. The lowest BCUT2D eigenvalue weighted by atomic mass is 10.1. The van der Waals surface area contributed by atoms with Gasteiger partial charge in [0.15, 0.2) is 11.5 Å². The van der Waals surface area contributed by atoms with Crippen LogP contribution in [0.5, 0.6) is 11.5 Å². The Morgan fingerprint density at radius 3 is 2.75 bits per heavy atom. The van der Waals surface area contributed by atoms with E-state index in [-0.39, 0.29) is 11.7 Å². The lowest BCUT2D eigenvalue weighted by Gasteiger charge is -2.09. The molecule has 0 spiro atoms. The summed E-state index contributed by atoms with van der Waals surface area (Å²) in [5, 5.41) is 12.2. The van der Waals surface area contributed by atoms with Crippen LogP contribution in [0.1, 0.15) is 24.2 Å². The van der Waals surface area contributed by atoms with Crippen molar-refractivity contribution in [3.05, 3.63) is 23.8 Å². The predicted octanol–water partition coefficient (Wildman–Crippen LogP) is 1.79. The molecular formula is C12H17NO3. The van der Waals surface area contributed by atoms with Crippen LogP contribution in [0, 0.1) is 5.92 Å². The van der Waals surface area contributed by atoms with E-state index < -0.39 is 0 Å². The van der Waals surface area contributed by atoms with Gasteiger partial charge in [0.1, 0.15) is 0 Å². The van der Waals surface area contributed by atoms with Gasteiger partial charge in [0, 0.05) is 12.1 Å². The Balaban J connectivity index is 2.76. The monoisotopic (exact) mass is 223 g/mol. The molecule has 0 bridgehead atoms. The van der Waals surface area contributed by atoms with Crippen molar-refractivity contribution < 1.29 is 14.6 Å². The molecule has 0 aliphatic rings. The third-order valence-corrected chi connectivity index (χ3v) is 2.11. The number of amides is 1. The second kappa shape index (κ2) is 5.39. The van der Waals surface area contributed by atoms with E-state index in [1.54, 1.807) is 6.07 Å². The number of hydrogen-bond donors (Lipinski definition) is 2. The predicted molar refractivity (Wildman–Crippen MR) is 61.8 cm³/mol. The molecule has 1 amide bonds. The van der Waals surface area contributed by atoms with E-state index in [0.717, 1.165) is 0 Å². The van der Waals surface area contributed by atoms with Gasteiger partial charge in [-0.15, -0.1) is 0 Å². The highest BCUT2D eigenvalue weighted by atomic mass is 16.5. The third-order valence-electron chi connectivity index (χ3n) is 2.11. The van der Waals surface area contributed by atoms with Gasteiger partial charge in [-0.2, -0.15) is 0 Å². The number of hydrogen-bond acceptors (Lipinski definition) is 3. The lowest BCUT2D eigenvalue weighted by molar-refractivity contribution is 0.0948. The Bertz CT molecular complexity index is 375. The van der Waals surface area contributed by atoms with Crippen LogP contribution < -0.4 is 10.1 Å². The van der Waals surface area contributed by atoms with Gasteiger partial charge in [0.05, 0.1) is 7.11 Å². The Kier molecular flexibility index (Phi) is 4.17. The van der Waals surface area contributed by atoms with Crippen LogP contribution in [-0.4, -0.2) is 24.7 Å². The maximum Gasteiger partial charge on any atom is 0.251 e. The molecule has 0 aliphatic heterocycles. The number of ether oxygens (including phenoxy) is 1. The molecule has 1 rings (SSSR count). The summed E-state index contributed by atoms with van der Waals surface area (Å²) in [4.78, 5) is 11.7. The van der Waals surface area contributed by atoms with Crippen molar-refractivity contribution in [2.45, 2.75) is 13.8 Å². The maximum atomic E-state index is 11.7. The molecule has 1 aromatic carbocycles. The molecule has 1 aromatic rings. The molecule has 0 atom stereocenters. The van der Waals surface area contributed by atoms with Crippen LogP contribution in [0.4, 0.5) is 0 Å². The Labute approximate surface area is 95.2 Å². The van der Waals surface area contributed by atoms with Crippen LogP contribution in [-0.2, 0) is 0 Å². The maximum absolute atomic E-state index is 11.7. The van der Waals surface area contributed by atoms with Gasteiger partial charge in [0.25, 0.3) is 5.91 Å². The zero-order chi connectivity index (χ0) is 12.1. The summed E-state index contributed by atoms with van der Waals surface area (Å²) in [6, 6.07) is 4.53. The summed E-state index contributed by atoms with van der Waals surface area (Å²) in [5.74, 6) is 0.579.